The smallest absolute Gasteiger partial charge is 0.263 e. The normalized spacial score (nSPS) is 18.4. The van der Waals surface area contributed by atoms with Gasteiger partial charge in [-0.25, -0.2) is 19.1 Å². The third-order valence-electron chi connectivity index (χ3n) is 4.74. The van der Waals surface area contributed by atoms with Crippen molar-refractivity contribution in [2.75, 3.05) is 0 Å². The third kappa shape index (κ3) is 2.90. The number of hydrogen-bond acceptors (Lipinski definition) is 5. The Morgan fingerprint density at radius 1 is 1.08 bits per heavy atom. The first-order chi connectivity index (χ1) is 12.5. The van der Waals surface area contributed by atoms with Gasteiger partial charge in [-0.2, -0.15) is 0 Å². The highest BCUT2D eigenvalue weighted by Gasteiger charge is 2.48. The third-order valence-corrected chi connectivity index (χ3v) is 5.68. The lowest BCUT2D eigenvalue weighted by atomic mass is 10.2. The number of amides is 4. The minimum absolute atomic E-state index is 0.0374. The number of urea groups is 1. The summed E-state index contributed by atoms with van der Waals surface area (Å²) in [5, 5.41) is 2.40. The Kier molecular flexibility index (Phi) is 4.28. The summed E-state index contributed by atoms with van der Waals surface area (Å²) in [6.45, 7) is -0.0374. The number of aromatic nitrogens is 1. The highest BCUT2D eigenvalue weighted by atomic mass is 32.1. The standard InChI is InChI=1S/C18H16FN3O3S/c19-12-7-5-11(6-8-12)15-20-13(10-26-15)9-21-16(23)17(24)22(18(21)25)14-3-1-2-4-14/h5-8,10,14H,1-4,9H2. The fourth-order valence-electron chi connectivity index (χ4n) is 3.41. The molecule has 1 aliphatic heterocycles. The number of imide groups is 2. The van der Waals surface area contributed by atoms with Crippen molar-refractivity contribution in [2.45, 2.75) is 38.3 Å². The van der Waals surface area contributed by atoms with Crippen LogP contribution in [0, 0.1) is 5.82 Å². The quantitative estimate of drug-likeness (QED) is 0.610. The van der Waals surface area contributed by atoms with E-state index in [0.717, 1.165) is 41.0 Å². The summed E-state index contributed by atoms with van der Waals surface area (Å²) in [6.07, 6.45) is 3.43. The fraction of sp³-hybridized carbons (Fsp3) is 0.333. The average Bonchev–Trinajstić information content (AvgIpc) is 3.35. The predicted molar refractivity (Wildman–Crippen MR) is 92.6 cm³/mol. The summed E-state index contributed by atoms with van der Waals surface area (Å²) >= 11 is 1.34. The number of rotatable bonds is 4. The summed E-state index contributed by atoms with van der Waals surface area (Å²) < 4.78 is 13.0. The zero-order valence-electron chi connectivity index (χ0n) is 13.9. The van der Waals surface area contributed by atoms with Crippen LogP contribution in [0.15, 0.2) is 29.6 Å². The zero-order chi connectivity index (χ0) is 18.3. The van der Waals surface area contributed by atoms with E-state index in [2.05, 4.69) is 4.98 Å². The van der Waals surface area contributed by atoms with Gasteiger partial charge in [0, 0.05) is 17.0 Å². The summed E-state index contributed by atoms with van der Waals surface area (Å²) in [5.74, 6) is -1.86. The topological polar surface area (TPSA) is 70.6 Å². The van der Waals surface area contributed by atoms with E-state index >= 15 is 0 Å². The van der Waals surface area contributed by atoms with Crippen molar-refractivity contribution < 1.29 is 18.8 Å². The van der Waals surface area contributed by atoms with Crippen LogP contribution >= 0.6 is 11.3 Å². The van der Waals surface area contributed by atoms with Crippen molar-refractivity contribution in [3.63, 3.8) is 0 Å². The molecule has 4 rings (SSSR count). The van der Waals surface area contributed by atoms with Crippen molar-refractivity contribution in [2.24, 2.45) is 0 Å². The Morgan fingerprint density at radius 2 is 1.77 bits per heavy atom. The Bertz CT molecular complexity index is 874. The molecule has 26 heavy (non-hydrogen) atoms. The molecular weight excluding hydrogens is 357 g/mol. The molecule has 2 heterocycles. The molecule has 134 valence electrons. The molecule has 2 fully saturated rings. The Morgan fingerprint density at radius 3 is 2.46 bits per heavy atom. The van der Waals surface area contributed by atoms with Gasteiger partial charge in [0.25, 0.3) is 0 Å². The SMILES string of the molecule is O=C1C(=O)N(C2CCCC2)C(=O)N1Cc1csc(-c2ccc(F)cc2)n1. The van der Waals surface area contributed by atoms with Gasteiger partial charge in [0.2, 0.25) is 0 Å². The van der Waals surface area contributed by atoms with Crippen molar-refractivity contribution in [3.8, 4) is 10.6 Å². The van der Waals surface area contributed by atoms with Crippen LogP contribution in [0.4, 0.5) is 9.18 Å². The van der Waals surface area contributed by atoms with Gasteiger partial charge in [0.05, 0.1) is 12.2 Å². The maximum absolute atomic E-state index is 13.0. The summed E-state index contributed by atoms with van der Waals surface area (Å²) in [4.78, 5) is 43.5. The molecule has 1 aromatic heterocycles. The molecule has 1 saturated heterocycles. The lowest BCUT2D eigenvalue weighted by molar-refractivity contribution is -0.144. The minimum atomic E-state index is -0.793. The molecule has 0 N–H and O–H groups in total. The lowest BCUT2D eigenvalue weighted by Crippen LogP contribution is -2.39. The molecule has 1 saturated carbocycles. The molecule has 0 bridgehead atoms. The number of nitrogens with zero attached hydrogens (tertiary/aromatic N) is 3. The second-order valence-corrected chi connectivity index (χ2v) is 7.30. The number of benzene rings is 1. The van der Waals surface area contributed by atoms with Crippen LogP contribution in [0.25, 0.3) is 10.6 Å². The maximum atomic E-state index is 13.0. The van der Waals surface area contributed by atoms with Crippen LogP contribution in [0.5, 0.6) is 0 Å². The van der Waals surface area contributed by atoms with Crippen molar-refractivity contribution in [1.82, 2.24) is 14.8 Å². The first kappa shape index (κ1) is 16.8. The van der Waals surface area contributed by atoms with Gasteiger partial charge < -0.3 is 0 Å². The largest absolute Gasteiger partial charge is 0.334 e. The first-order valence-corrected chi connectivity index (χ1v) is 9.32. The molecule has 8 heteroatoms. The van der Waals surface area contributed by atoms with Crippen LogP contribution in [0.2, 0.25) is 0 Å². The molecule has 6 nitrogen and oxygen atoms in total. The van der Waals surface area contributed by atoms with Crippen molar-refractivity contribution in [1.29, 1.82) is 0 Å². The lowest BCUT2D eigenvalue weighted by Gasteiger charge is -2.20. The number of carbonyl (C=O) groups is 3. The molecule has 2 aromatic rings. The number of halogens is 1. The van der Waals surface area contributed by atoms with E-state index < -0.39 is 17.8 Å². The zero-order valence-corrected chi connectivity index (χ0v) is 14.7. The Hall–Kier alpha value is -2.61. The van der Waals surface area contributed by atoms with Gasteiger partial charge in [-0.3, -0.25) is 14.5 Å². The Balaban J connectivity index is 1.52. The summed E-state index contributed by atoms with van der Waals surface area (Å²) in [5.41, 5.74) is 1.28. The number of hydrogen-bond donors (Lipinski definition) is 0. The van der Waals surface area contributed by atoms with E-state index in [-0.39, 0.29) is 18.4 Å². The van der Waals surface area contributed by atoms with E-state index in [9.17, 15) is 18.8 Å². The highest BCUT2D eigenvalue weighted by molar-refractivity contribution is 7.13. The van der Waals surface area contributed by atoms with E-state index in [1.165, 1.54) is 23.5 Å². The van der Waals surface area contributed by atoms with Crippen LogP contribution in [-0.4, -0.2) is 38.7 Å². The monoisotopic (exact) mass is 373 g/mol. The van der Waals surface area contributed by atoms with Crippen LogP contribution in [0.1, 0.15) is 31.4 Å². The maximum Gasteiger partial charge on any atom is 0.334 e. The average molecular weight is 373 g/mol. The highest BCUT2D eigenvalue weighted by Crippen LogP contribution is 2.29. The Labute approximate surface area is 153 Å². The molecule has 2 aliphatic rings. The summed E-state index contributed by atoms with van der Waals surface area (Å²) in [6, 6.07) is 5.21. The van der Waals surface area contributed by atoms with E-state index in [1.54, 1.807) is 17.5 Å². The number of carbonyl (C=O) groups excluding carboxylic acids is 3. The van der Waals surface area contributed by atoms with Crippen molar-refractivity contribution in [3.05, 3.63) is 41.2 Å². The van der Waals surface area contributed by atoms with E-state index in [0.29, 0.717) is 10.7 Å². The second-order valence-electron chi connectivity index (χ2n) is 6.44. The molecular formula is C18H16FN3O3S. The van der Waals surface area contributed by atoms with Gasteiger partial charge >= 0.3 is 17.8 Å². The predicted octanol–water partition coefficient (Wildman–Crippen LogP) is 3.18. The summed E-state index contributed by atoms with van der Waals surface area (Å²) in [7, 11) is 0. The fourth-order valence-corrected chi connectivity index (χ4v) is 4.23. The molecule has 1 aromatic carbocycles. The van der Waals surface area contributed by atoms with Gasteiger partial charge in [-0.15, -0.1) is 11.3 Å². The first-order valence-electron chi connectivity index (χ1n) is 8.44. The molecule has 1 aliphatic carbocycles. The number of thiazole rings is 1. The molecule has 0 atom stereocenters. The molecule has 0 spiro atoms. The second kappa shape index (κ2) is 6.60. The van der Waals surface area contributed by atoms with Gasteiger partial charge in [-0.05, 0) is 37.1 Å². The van der Waals surface area contributed by atoms with Gasteiger partial charge in [0.1, 0.15) is 10.8 Å². The van der Waals surface area contributed by atoms with Crippen molar-refractivity contribution >= 4 is 29.2 Å². The van der Waals surface area contributed by atoms with E-state index in [4.69, 9.17) is 0 Å². The van der Waals surface area contributed by atoms with Gasteiger partial charge in [0.15, 0.2) is 0 Å². The van der Waals surface area contributed by atoms with Crippen LogP contribution in [0.3, 0.4) is 0 Å². The van der Waals surface area contributed by atoms with E-state index in [1.807, 2.05) is 0 Å². The van der Waals surface area contributed by atoms with Crippen LogP contribution in [-0.2, 0) is 16.1 Å². The molecule has 4 amide bonds. The minimum Gasteiger partial charge on any atom is -0.263 e. The van der Waals surface area contributed by atoms with Gasteiger partial charge in [-0.1, -0.05) is 12.8 Å². The van der Waals surface area contributed by atoms with Crippen LogP contribution < -0.4 is 0 Å². The molecule has 0 unspecified atom stereocenters. The molecule has 0 radical (unpaired) electrons.